The monoisotopic (exact) mass is 428 g/mol. The molecule has 0 radical (unpaired) electrons. The highest BCUT2D eigenvalue weighted by atomic mass is 16.5. The van der Waals surface area contributed by atoms with Crippen LogP contribution >= 0.6 is 0 Å². The van der Waals surface area contributed by atoms with Gasteiger partial charge in [0.25, 0.3) is 5.91 Å². The highest BCUT2D eigenvalue weighted by Crippen LogP contribution is 2.24. The van der Waals surface area contributed by atoms with Crippen LogP contribution in [-0.4, -0.2) is 35.3 Å². The molecule has 7 heteroatoms. The van der Waals surface area contributed by atoms with Crippen molar-refractivity contribution in [2.45, 2.75) is 13.8 Å². The van der Waals surface area contributed by atoms with E-state index >= 15 is 0 Å². The number of aromatic nitrogens is 2. The molecule has 0 atom stereocenters. The number of carbonyl (C=O) groups excluding carboxylic acids is 1. The fourth-order valence-electron chi connectivity index (χ4n) is 3.27. The Balaban J connectivity index is 1.48. The van der Waals surface area contributed by atoms with Crippen molar-refractivity contribution in [2.75, 3.05) is 13.2 Å². The van der Waals surface area contributed by atoms with Crippen LogP contribution in [0.25, 0.3) is 22.4 Å². The number of hydrogen-bond donors (Lipinski definition) is 2. The zero-order valence-electron chi connectivity index (χ0n) is 18.0. The summed E-state index contributed by atoms with van der Waals surface area (Å²) in [4.78, 5) is 20.5. The standard InChI is InChI=1S/C25H24N4O3/c1-3-31-20-12-10-19(23(15-20)32-4-2)16-26-29-25(30)18-11-13-21-22(14-18)28-24(27-21)17-8-6-5-7-9-17/h5-16H,3-4H2,1-2H3,(H,27,28)(H,29,30)/b26-16+. The molecule has 4 rings (SSSR count). The normalized spacial score (nSPS) is 11.1. The second-order valence-electron chi connectivity index (χ2n) is 6.95. The van der Waals surface area contributed by atoms with Gasteiger partial charge in [-0.2, -0.15) is 5.10 Å². The van der Waals surface area contributed by atoms with E-state index in [0.717, 1.165) is 33.7 Å². The number of ether oxygens (including phenoxy) is 2. The molecule has 1 heterocycles. The summed E-state index contributed by atoms with van der Waals surface area (Å²) < 4.78 is 11.2. The second-order valence-corrected chi connectivity index (χ2v) is 6.95. The third-order valence-corrected chi connectivity index (χ3v) is 4.76. The van der Waals surface area contributed by atoms with Crippen molar-refractivity contribution < 1.29 is 14.3 Å². The third-order valence-electron chi connectivity index (χ3n) is 4.76. The number of nitrogens with zero attached hydrogens (tertiary/aromatic N) is 2. The predicted octanol–water partition coefficient (Wildman–Crippen LogP) is 4.79. The Morgan fingerprint density at radius 1 is 1.03 bits per heavy atom. The highest BCUT2D eigenvalue weighted by molar-refractivity contribution is 5.98. The Morgan fingerprint density at radius 3 is 2.62 bits per heavy atom. The van der Waals surface area contributed by atoms with Crippen LogP contribution in [0.5, 0.6) is 11.5 Å². The molecule has 0 spiro atoms. The zero-order valence-corrected chi connectivity index (χ0v) is 18.0. The Kier molecular flexibility index (Phi) is 6.46. The van der Waals surface area contributed by atoms with Crippen LogP contribution in [0.1, 0.15) is 29.8 Å². The van der Waals surface area contributed by atoms with E-state index in [2.05, 4.69) is 20.5 Å². The number of hydrazone groups is 1. The molecule has 0 saturated heterocycles. The van der Waals surface area contributed by atoms with E-state index in [1.54, 1.807) is 18.3 Å². The van der Waals surface area contributed by atoms with Crippen LogP contribution in [-0.2, 0) is 0 Å². The number of hydrogen-bond acceptors (Lipinski definition) is 5. The maximum atomic E-state index is 12.6. The number of benzene rings is 3. The lowest BCUT2D eigenvalue weighted by Gasteiger charge is -2.10. The van der Waals surface area contributed by atoms with Crippen molar-refractivity contribution in [3.05, 3.63) is 77.9 Å². The molecule has 3 aromatic carbocycles. The molecule has 0 fully saturated rings. The van der Waals surface area contributed by atoms with E-state index in [0.29, 0.717) is 24.5 Å². The first-order valence-electron chi connectivity index (χ1n) is 10.5. The number of amides is 1. The van der Waals surface area contributed by atoms with Gasteiger partial charge >= 0.3 is 0 Å². The van der Waals surface area contributed by atoms with Gasteiger partial charge in [0, 0.05) is 22.8 Å². The predicted molar refractivity (Wildman–Crippen MR) is 125 cm³/mol. The molecule has 32 heavy (non-hydrogen) atoms. The van der Waals surface area contributed by atoms with E-state index < -0.39 is 0 Å². The van der Waals surface area contributed by atoms with Gasteiger partial charge < -0.3 is 14.5 Å². The van der Waals surface area contributed by atoms with E-state index in [1.807, 2.05) is 68.4 Å². The molecule has 0 bridgehead atoms. The smallest absolute Gasteiger partial charge is 0.271 e. The first-order valence-corrected chi connectivity index (χ1v) is 10.5. The van der Waals surface area contributed by atoms with E-state index in [-0.39, 0.29) is 5.91 Å². The number of carbonyl (C=O) groups is 1. The van der Waals surface area contributed by atoms with Gasteiger partial charge in [0.15, 0.2) is 0 Å². The van der Waals surface area contributed by atoms with Crippen molar-refractivity contribution in [3.63, 3.8) is 0 Å². The summed E-state index contributed by atoms with van der Waals surface area (Å²) in [5.74, 6) is 1.81. The van der Waals surface area contributed by atoms with Gasteiger partial charge in [0.2, 0.25) is 0 Å². The third kappa shape index (κ3) is 4.78. The highest BCUT2D eigenvalue weighted by Gasteiger charge is 2.10. The Bertz CT molecular complexity index is 1250. The summed E-state index contributed by atoms with van der Waals surface area (Å²) in [6, 6.07) is 20.6. The van der Waals surface area contributed by atoms with Crippen molar-refractivity contribution in [2.24, 2.45) is 5.10 Å². The van der Waals surface area contributed by atoms with E-state index in [1.165, 1.54) is 0 Å². The Labute approximate surface area is 186 Å². The summed E-state index contributed by atoms with van der Waals surface area (Å²) in [6.07, 6.45) is 1.56. The quantitative estimate of drug-likeness (QED) is 0.312. The first-order chi connectivity index (χ1) is 15.7. The topological polar surface area (TPSA) is 88.6 Å². The van der Waals surface area contributed by atoms with Crippen molar-refractivity contribution in [3.8, 4) is 22.9 Å². The molecule has 0 aliphatic heterocycles. The minimum atomic E-state index is -0.317. The van der Waals surface area contributed by atoms with Crippen LogP contribution in [0.15, 0.2) is 71.8 Å². The van der Waals surface area contributed by atoms with Crippen molar-refractivity contribution in [1.82, 2.24) is 15.4 Å². The first kappa shape index (κ1) is 21.1. The molecule has 7 nitrogen and oxygen atoms in total. The summed E-state index contributed by atoms with van der Waals surface area (Å²) in [7, 11) is 0. The van der Waals surface area contributed by atoms with Crippen molar-refractivity contribution in [1.29, 1.82) is 0 Å². The molecule has 162 valence electrons. The average Bonchev–Trinajstić information content (AvgIpc) is 3.25. The maximum absolute atomic E-state index is 12.6. The molecular weight excluding hydrogens is 404 g/mol. The van der Waals surface area contributed by atoms with Crippen LogP contribution in [0.3, 0.4) is 0 Å². The number of H-pyrrole nitrogens is 1. The SMILES string of the molecule is CCOc1ccc(/C=N/NC(=O)c2ccc3nc(-c4ccccc4)[nH]c3c2)c(OCC)c1. The maximum Gasteiger partial charge on any atom is 0.271 e. The van der Waals surface area contributed by atoms with Gasteiger partial charge in [-0.25, -0.2) is 10.4 Å². The van der Waals surface area contributed by atoms with Crippen LogP contribution < -0.4 is 14.9 Å². The Morgan fingerprint density at radius 2 is 1.84 bits per heavy atom. The fourth-order valence-corrected chi connectivity index (χ4v) is 3.27. The van der Waals surface area contributed by atoms with Crippen LogP contribution in [0.2, 0.25) is 0 Å². The van der Waals surface area contributed by atoms with Crippen LogP contribution in [0.4, 0.5) is 0 Å². The summed E-state index contributed by atoms with van der Waals surface area (Å²) in [5.41, 5.74) is 6.35. The van der Waals surface area contributed by atoms with Crippen LogP contribution in [0, 0.1) is 0 Å². The van der Waals surface area contributed by atoms with E-state index in [4.69, 9.17) is 9.47 Å². The van der Waals surface area contributed by atoms with Gasteiger partial charge in [-0.05, 0) is 44.2 Å². The van der Waals surface area contributed by atoms with Gasteiger partial charge in [-0.3, -0.25) is 4.79 Å². The van der Waals surface area contributed by atoms with E-state index in [9.17, 15) is 4.79 Å². The molecule has 1 aromatic heterocycles. The molecule has 4 aromatic rings. The summed E-state index contributed by atoms with van der Waals surface area (Å²) in [6.45, 7) is 4.92. The summed E-state index contributed by atoms with van der Waals surface area (Å²) in [5, 5.41) is 4.10. The lowest BCUT2D eigenvalue weighted by atomic mass is 10.2. The number of nitrogens with one attached hydrogen (secondary N) is 2. The number of rotatable bonds is 8. The number of aromatic amines is 1. The lowest BCUT2D eigenvalue weighted by Crippen LogP contribution is -2.17. The molecule has 0 unspecified atom stereocenters. The second kappa shape index (κ2) is 9.78. The Hall–Kier alpha value is -4.13. The molecule has 1 amide bonds. The van der Waals surface area contributed by atoms with Gasteiger partial charge in [-0.1, -0.05) is 30.3 Å². The minimum absolute atomic E-state index is 0.317. The number of imidazole rings is 1. The average molecular weight is 428 g/mol. The summed E-state index contributed by atoms with van der Waals surface area (Å²) >= 11 is 0. The fraction of sp³-hybridized carbons (Fsp3) is 0.160. The van der Waals surface area contributed by atoms with Gasteiger partial charge in [-0.15, -0.1) is 0 Å². The number of fused-ring (bicyclic) bond motifs is 1. The molecule has 2 N–H and O–H groups in total. The van der Waals surface area contributed by atoms with Crippen molar-refractivity contribution >= 4 is 23.2 Å². The molecular formula is C25H24N4O3. The molecule has 0 aliphatic carbocycles. The largest absolute Gasteiger partial charge is 0.494 e. The molecule has 0 saturated carbocycles. The molecule has 0 aliphatic rings. The lowest BCUT2D eigenvalue weighted by molar-refractivity contribution is 0.0955. The van der Waals surface area contributed by atoms with Gasteiger partial charge in [0.05, 0.1) is 30.5 Å². The van der Waals surface area contributed by atoms with Gasteiger partial charge in [0.1, 0.15) is 17.3 Å². The minimum Gasteiger partial charge on any atom is -0.494 e. The zero-order chi connectivity index (χ0) is 22.3.